The lowest BCUT2D eigenvalue weighted by atomic mass is 10.1. The molecule has 0 saturated heterocycles. The molecule has 1 heterocycles. The van der Waals surface area contributed by atoms with E-state index in [4.69, 9.17) is 0 Å². The van der Waals surface area contributed by atoms with Gasteiger partial charge in [0, 0.05) is 31.0 Å². The van der Waals surface area contributed by atoms with Gasteiger partial charge in [-0.25, -0.2) is 4.98 Å². The Bertz CT molecular complexity index is 906. The van der Waals surface area contributed by atoms with Crippen molar-refractivity contribution in [1.82, 2.24) is 9.55 Å². The number of carbonyl (C=O) groups excluding carboxylic acids is 1. The summed E-state index contributed by atoms with van der Waals surface area (Å²) in [5.41, 5.74) is 4.10. The van der Waals surface area contributed by atoms with Crippen LogP contribution in [0.3, 0.4) is 0 Å². The Balaban J connectivity index is 1.68. The number of hydrogen-bond acceptors (Lipinski definition) is 4. The van der Waals surface area contributed by atoms with Gasteiger partial charge < -0.3 is 9.88 Å². The smallest absolute Gasteiger partial charge is 0.159 e. The van der Waals surface area contributed by atoms with Crippen LogP contribution in [0.2, 0.25) is 0 Å². The first kappa shape index (κ1) is 16.5. The van der Waals surface area contributed by atoms with Gasteiger partial charge in [0.25, 0.3) is 0 Å². The molecule has 5 nitrogen and oxygen atoms in total. The van der Waals surface area contributed by atoms with E-state index >= 15 is 0 Å². The summed E-state index contributed by atoms with van der Waals surface area (Å²) in [5.74, 6) is -0.0172. The first-order chi connectivity index (χ1) is 12.2. The molecule has 2 aromatic carbocycles. The zero-order valence-corrected chi connectivity index (χ0v) is 13.9. The molecule has 0 bridgehead atoms. The summed E-state index contributed by atoms with van der Waals surface area (Å²) in [6.45, 7) is 2.89. The molecule has 0 radical (unpaired) electrons. The Labute approximate surface area is 146 Å². The van der Waals surface area contributed by atoms with Crippen LogP contribution in [0.25, 0.3) is 0 Å². The van der Waals surface area contributed by atoms with E-state index in [1.165, 1.54) is 12.5 Å². The van der Waals surface area contributed by atoms with Gasteiger partial charge >= 0.3 is 0 Å². The second-order valence-electron chi connectivity index (χ2n) is 5.83. The number of ketones is 1. The third-order valence-corrected chi connectivity index (χ3v) is 3.98. The fourth-order valence-corrected chi connectivity index (χ4v) is 2.56. The highest BCUT2D eigenvalue weighted by molar-refractivity contribution is 5.95. The number of rotatable bonds is 6. The first-order valence-electron chi connectivity index (χ1n) is 7.98. The minimum atomic E-state index is -0.0172. The van der Waals surface area contributed by atoms with Crippen molar-refractivity contribution in [2.75, 3.05) is 5.32 Å². The molecule has 25 heavy (non-hydrogen) atoms. The second-order valence-corrected chi connectivity index (χ2v) is 5.83. The van der Waals surface area contributed by atoms with Crippen LogP contribution in [-0.2, 0) is 13.1 Å². The molecular formula is C20H18N4O. The highest BCUT2D eigenvalue weighted by Crippen LogP contribution is 2.19. The highest BCUT2D eigenvalue weighted by Gasteiger charge is 2.06. The fourth-order valence-electron chi connectivity index (χ4n) is 2.56. The normalized spacial score (nSPS) is 10.2. The molecule has 3 aromatic rings. The fraction of sp³-hybridized carbons (Fsp3) is 0.150. The van der Waals surface area contributed by atoms with Crippen molar-refractivity contribution in [3.8, 4) is 6.07 Å². The van der Waals surface area contributed by atoms with E-state index in [0.29, 0.717) is 23.4 Å². The van der Waals surface area contributed by atoms with Crippen LogP contribution < -0.4 is 5.32 Å². The molecule has 0 spiro atoms. The van der Waals surface area contributed by atoms with Crippen LogP contribution in [0.1, 0.15) is 34.0 Å². The number of nitrogens with zero attached hydrogens (tertiary/aromatic N) is 3. The molecule has 0 unspecified atom stereocenters. The number of nitrogens with one attached hydrogen (secondary N) is 1. The standard InChI is InChI=1S/C20H18N4O/c1-15(25)18-6-7-19(11-21)20(10-18)23-12-16-2-4-17(5-3-16)13-24-9-8-22-14-24/h2-10,14,23H,12-13H2,1H3. The van der Waals surface area contributed by atoms with Gasteiger partial charge in [-0.15, -0.1) is 0 Å². The quantitative estimate of drug-likeness (QED) is 0.701. The zero-order valence-electron chi connectivity index (χ0n) is 13.9. The van der Waals surface area contributed by atoms with Crippen molar-refractivity contribution >= 4 is 11.5 Å². The second kappa shape index (κ2) is 7.45. The molecule has 0 saturated carbocycles. The summed E-state index contributed by atoms with van der Waals surface area (Å²) in [6.07, 6.45) is 5.49. The number of anilines is 1. The topological polar surface area (TPSA) is 70.7 Å². The lowest BCUT2D eigenvalue weighted by Gasteiger charge is -2.10. The number of nitriles is 1. The van der Waals surface area contributed by atoms with Gasteiger partial charge in [-0.05, 0) is 36.2 Å². The van der Waals surface area contributed by atoms with Crippen LogP contribution in [0.15, 0.2) is 61.2 Å². The summed E-state index contributed by atoms with van der Waals surface area (Å²) in [4.78, 5) is 15.6. The maximum Gasteiger partial charge on any atom is 0.159 e. The Morgan fingerprint density at radius 3 is 2.60 bits per heavy atom. The van der Waals surface area contributed by atoms with E-state index in [1.807, 2.05) is 10.8 Å². The third-order valence-electron chi connectivity index (χ3n) is 3.98. The van der Waals surface area contributed by atoms with Gasteiger partial charge in [0.1, 0.15) is 6.07 Å². The van der Waals surface area contributed by atoms with Gasteiger partial charge in [-0.2, -0.15) is 5.26 Å². The minimum absolute atomic E-state index is 0.0172. The van der Waals surface area contributed by atoms with Gasteiger partial charge in [-0.1, -0.05) is 24.3 Å². The maximum absolute atomic E-state index is 11.5. The molecule has 0 aliphatic heterocycles. The van der Waals surface area contributed by atoms with E-state index in [9.17, 15) is 10.1 Å². The Morgan fingerprint density at radius 2 is 1.96 bits per heavy atom. The molecule has 0 aliphatic carbocycles. The molecule has 3 rings (SSSR count). The SMILES string of the molecule is CC(=O)c1ccc(C#N)c(NCc2ccc(Cn3ccnc3)cc2)c1. The predicted octanol–water partition coefficient (Wildman–Crippen LogP) is 3.62. The van der Waals surface area contributed by atoms with E-state index in [1.54, 1.807) is 30.7 Å². The Kier molecular flexibility index (Phi) is 4.91. The average molecular weight is 330 g/mol. The van der Waals surface area contributed by atoms with Crippen molar-refractivity contribution in [3.63, 3.8) is 0 Å². The summed E-state index contributed by atoms with van der Waals surface area (Å²) in [6, 6.07) is 15.5. The third kappa shape index (κ3) is 4.12. The average Bonchev–Trinajstić information content (AvgIpc) is 3.14. The van der Waals surface area contributed by atoms with Crippen molar-refractivity contribution in [2.24, 2.45) is 0 Å². The van der Waals surface area contributed by atoms with Crippen LogP contribution in [-0.4, -0.2) is 15.3 Å². The van der Waals surface area contributed by atoms with Crippen LogP contribution >= 0.6 is 0 Å². The number of carbonyl (C=O) groups is 1. The van der Waals surface area contributed by atoms with Crippen molar-refractivity contribution in [3.05, 3.63) is 83.4 Å². The molecule has 124 valence electrons. The number of hydrogen-bond donors (Lipinski definition) is 1. The lowest BCUT2D eigenvalue weighted by Crippen LogP contribution is -2.04. The molecular weight excluding hydrogens is 312 g/mol. The summed E-state index contributed by atoms with van der Waals surface area (Å²) in [7, 11) is 0. The summed E-state index contributed by atoms with van der Waals surface area (Å²) >= 11 is 0. The van der Waals surface area contributed by atoms with E-state index in [2.05, 4.69) is 40.6 Å². The van der Waals surface area contributed by atoms with E-state index in [-0.39, 0.29) is 5.78 Å². The zero-order chi connectivity index (χ0) is 17.6. The molecule has 1 N–H and O–H groups in total. The Morgan fingerprint density at radius 1 is 1.20 bits per heavy atom. The van der Waals surface area contributed by atoms with Crippen LogP contribution in [0.5, 0.6) is 0 Å². The van der Waals surface area contributed by atoms with Crippen LogP contribution in [0, 0.1) is 11.3 Å². The maximum atomic E-state index is 11.5. The highest BCUT2D eigenvalue weighted by atomic mass is 16.1. The predicted molar refractivity (Wildman–Crippen MR) is 96.3 cm³/mol. The largest absolute Gasteiger partial charge is 0.380 e. The molecule has 0 atom stereocenters. The van der Waals surface area contributed by atoms with E-state index in [0.717, 1.165) is 12.1 Å². The number of aromatic nitrogens is 2. The summed E-state index contributed by atoms with van der Waals surface area (Å²) in [5, 5.41) is 12.5. The molecule has 1 aromatic heterocycles. The molecule has 0 fully saturated rings. The van der Waals surface area contributed by atoms with Gasteiger partial charge in [0.15, 0.2) is 5.78 Å². The molecule has 5 heteroatoms. The number of imidazole rings is 1. The molecule has 0 amide bonds. The van der Waals surface area contributed by atoms with Crippen molar-refractivity contribution in [2.45, 2.75) is 20.0 Å². The van der Waals surface area contributed by atoms with Gasteiger partial charge in [-0.3, -0.25) is 4.79 Å². The first-order valence-corrected chi connectivity index (χ1v) is 7.98. The lowest BCUT2D eigenvalue weighted by molar-refractivity contribution is 0.101. The van der Waals surface area contributed by atoms with E-state index < -0.39 is 0 Å². The number of benzene rings is 2. The monoisotopic (exact) mass is 330 g/mol. The number of Topliss-reactive ketones (excluding diaryl/α,β-unsaturated/α-hetero) is 1. The van der Waals surface area contributed by atoms with Crippen molar-refractivity contribution < 1.29 is 4.79 Å². The van der Waals surface area contributed by atoms with Crippen molar-refractivity contribution in [1.29, 1.82) is 5.26 Å². The van der Waals surface area contributed by atoms with Gasteiger partial charge in [0.2, 0.25) is 0 Å². The summed E-state index contributed by atoms with van der Waals surface area (Å²) < 4.78 is 2.01. The Hall–Kier alpha value is -3.39. The minimum Gasteiger partial charge on any atom is -0.380 e. The van der Waals surface area contributed by atoms with Gasteiger partial charge in [0.05, 0.1) is 17.6 Å². The molecule has 0 aliphatic rings. The van der Waals surface area contributed by atoms with Crippen LogP contribution in [0.4, 0.5) is 5.69 Å².